The number of methoxy groups -OCH3 is 1. The molecule has 1 aromatic carbocycles. The van der Waals surface area contributed by atoms with Gasteiger partial charge in [0.05, 0.1) is 12.7 Å². The van der Waals surface area contributed by atoms with E-state index in [4.69, 9.17) is 15.1 Å². The number of nitrogens with two attached hydrogens (primary N) is 1. The van der Waals surface area contributed by atoms with Crippen LogP contribution in [0.4, 0.5) is 6.01 Å². The minimum atomic E-state index is 0.163. The van der Waals surface area contributed by atoms with Crippen LogP contribution in [-0.4, -0.2) is 17.3 Å². The maximum Gasteiger partial charge on any atom is 0.335 e. The lowest BCUT2D eigenvalue weighted by Crippen LogP contribution is -2.06. The molecule has 2 rings (SSSR count). The molecule has 78 valence electrons. The minimum Gasteiger partial charge on any atom is -0.496 e. The van der Waals surface area contributed by atoms with Gasteiger partial charge in [0.1, 0.15) is 5.75 Å². The van der Waals surface area contributed by atoms with Gasteiger partial charge in [-0.3, -0.25) is 5.43 Å². The Balaban J connectivity index is 2.44. The van der Waals surface area contributed by atoms with Crippen molar-refractivity contribution in [3.8, 4) is 17.1 Å². The summed E-state index contributed by atoms with van der Waals surface area (Å²) in [5.41, 5.74) is 3.03. The number of rotatable bonds is 3. The molecule has 3 N–H and O–H groups in total. The Morgan fingerprint density at radius 2 is 2.20 bits per heavy atom. The van der Waals surface area contributed by atoms with Crippen molar-refractivity contribution in [2.24, 2.45) is 5.84 Å². The number of nitrogen functional groups attached to an aromatic ring is 1. The Morgan fingerprint density at radius 1 is 1.40 bits per heavy atom. The van der Waals surface area contributed by atoms with Crippen LogP contribution < -0.4 is 16.0 Å². The predicted octanol–water partition coefficient (Wildman–Crippen LogP) is 1.03. The van der Waals surface area contributed by atoms with Gasteiger partial charge in [0.2, 0.25) is 5.82 Å². The lowest BCUT2D eigenvalue weighted by molar-refractivity contribution is 0.413. The second kappa shape index (κ2) is 3.97. The Morgan fingerprint density at radius 3 is 2.87 bits per heavy atom. The lowest BCUT2D eigenvalue weighted by atomic mass is 10.2. The number of anilines is 1. The van der Waals surface area contributed by atoms with Gasteiger partial charge in [0.25, 0.3) is 0 Å². The first-order chi connectivity index (χ1) is 7.35. The van der Waals surface area contributed by atoms with Crippen LogP contribution >= 0.6 is 0 Å². The average molecular weight is 206 g/mol. The summed E-state index contributed by atoms with van der Waals surface area (Å²) in [4.78, 5) is 4.01. The van der Waals surface area contributed by atoms with Gasteiger partial charge in [0.15, 0.2) is 0 Å². The van der Waals surface area contributed by atoms with E-state index in [1.165, 1.54) is 0 Å². The van der Waals surface area contributed by atoms with E-state index >= 15 is 0 Å². The number of hydrazine groups is 1. The normalized spacial score (nSPS) is 10.0. The highest BCUT2D eigenvalue weighted by molar-refractivity contribution is 5.64. The molecule has 6 nitrogen and oxygen atoms in total. The molecule has 0 aliphatic heterocycles. The fourth-order valence-electron chi connectivity index (χ4n) is 1.22. The quantitative estimate of drug-likeness (QED) is 0.576. The molecule has 0 fully saturated rings. The van der Waals surface area contributed by atoms with Crippen LogP contribution in [0.15, 0.2) is 28.8 Å². The Bertz CT molecular complexity index is 455. The number of para-hydroxylation sites is 1. The molecule has 0 bridgehead atoms. The first-order valence-corrected chi connectivity index (χ1v) is 4.29. The van der Waals surface area contributed by atoms with E-state index in [1.54, 1.807) is 7.11 Å². The van der Waals surface area contributed by atoms with Gasteiger partial charge in [-0.2, -0.15) is 4.98 Å². The van der Waals surface area contributed by atoms with E-state index in [1.807, 2.05) is 24.3 Å². The zero-order valence-corrected chi connectivity index (χ0v) is 8.10. The Labute approximate surface area is 86.0 Å². The number of hydrogen-bond acceptors (Lipinski definition) is 6. The maximum absolute atomic E-state index is 5.17. The highest BCUT2D eigenvalue weighted by atomic mass is 16.5. The van der Waals surface area contributed by atoms with Crippen molar-refractivity contribution in [2.75, 3.05) is 12.5 Å². The summed E-state index contributed by atoms with van der Waals surface area (Å²) in [5.74, 6) is 6.25. The Hall–Kier alpha value is -2.08. The second-order valence-corrected chi connectivity index (χ2v) is 2.77. The van der Waals surface area contributed by atoms with Gasteiger partial charge >= 0.3 is 6.01 Å². The third-order valence-electron chi connectivity index (χ3n) is 1.90. The van der Waals surface area contributed by atoms with Crippen molar-refractivity contribution >= 4 is 6.01 Å². The van der Waals surface area contributed by atoms with E-state index < -0.39 is 0 Å². The molecule has 0 atom stereocenters. The average Bonchev–Trinajstić information content (AvgIpc) is 2.77. The van der Waals surface area contributed by atoms with E-state index in [0.717, 1.165) is 5.56 Å². The molecule has 0 aliphatic rings. The van der Waals surface area contributed by atoms with Crippen LogP contribution in [0.2, 0.25) is 0 Å². The van der Waals surface area contributed by atoms with Crippen LogP contribution in [0, 0.1) is 0 Å². The lowest BCUT2D eigenvalue weighted by Gasteiger charge is -2.02. The molecule has 2 aromatic rings. The molecule has 0 saturated heterocycles. The standard InChI is InChI=1S/C9H10N4O2/c1-14-7-5-3-2-4-6(7)8-11-9(12-10)15-13-8/h2-5H,10H2,1H3,(H,11,12,13). The summed E-state index contributed by atoms with van der Waals surface area (Å²) in [6.07, 6.45) is 0. The molecule has 1 aromatic heterocycles. The summed E-state index contributed by atoms with van der Waals surface area (Å²) in [6, 6.07) is 7.55. The molecule has 0 amide bonds. The van der Waals surface area contributed by atoms with Gasteiger partial charge in [-0.15, -0.1) is 0 Å². The van der Waals surface area contributed by atoms with Gasteiger partial charge in [0, 0.05) is 0 Å². The molecule has 0 aliphatic carbocycles. The zero-order chi connectivity index (χ0) is 10.7. The molecular weight excluding hydrogens is 196 g/mol. The van der Waals surface area contributed by atoms with E-state index in [0.29, 0.717) is 11.6 Å². The highest BCUT2D eigenvalue weighted by Crippen LogP contribution is 2.27. The molecule has 0 saturated carbocycles. The molecule has 0 unspecified atom stereocenters. The Kier molecular flexibility index (Phi) is 2.51. The molecule has 0 spiro atoms. The van der Waals surface area contributed by atoms with E-state index in [2.05, 4.69) is 15.6 Å². The van der Waals surface area contributed by atoms with Gasteiger partial charge < -0.3 is 9.26 Å². The van der Waals surface area contributed by atoms with Gasteiger partial charge in [-0.05, 0) is 12.1 Å². The number of ether oxygens (including phenoxy) is 1. The van der Waals surface area contributed by atoms with Crippen LogP contribution in [0.5, 0.6) is 5.75 Å². The molecule has 6 heteroatoms. The third kappa shape index (κ3) is 1.75. The smallest absolute Gasteiger partial charge is 0.335 e. The summed E-state index contributed by atoms with van der Waals surface area (Å²) < 4.78 is 9.98. The van der Waals surface area contributed by atoms with Crippen LogP contribution in [-0.2, 0) is 0 Å². The number of nitrogens with one attached hydrogen (secondary N) is 1. The number of aromatic nitrogens is 2. The van der Waals surface area contributed by atoms with Crippen LogP contribution in [0.3, 0.4) is 0 Å². The van der Waals surface area contributed by atoms with Crippen molar-refractivity contribution in [2.45, 2.75) is 0 Å². The summed E-state index contributed by atoms with van der Waals surface area (Å²) >= 11 is 0. The fourth-order valence-corrected chi connectivity index (χ4v) is 1.22. The molecule has 15 heavy (non-hydrogen) atoms. The van der Waals surface area contributed by atoms with E-state index in [9.17, 15) is 0 Å². The monoisotopic (exact) mass is 206 g/mol. The summed E-state index contributed by atoms with van der Waals surface area (Å²) in [5, 5.41) is 3.76. The van der Waals surface area contributed by atoms with Crippen molar-refractivity contribution in [1.82, 2.24) is 10.1 Å². The second-order valence-electron chi connectivity index (χ2n) is 2.77. The highest BCUT2D eigenvalue weighted by Gasteiger charge is 2.11. The molecule has 0 radical (unpaired) electrons. The molecular formula is C9H10N4O2. The number of nitrogens with zero attached hydrogens (tertiary/aromatic N) is 2. The largest absolute Gasteiger partial charge is 0.496 e. The van der Waals surface area contributed by atoms with Crippen LogP contribution in [0.1, 0.15) is 0 Å². The fraction of sp³-hybridized carbons (Fsp3) is 0.111. The van der Waals surface area contributed by atoms with Crippen molar-refractivity contribution in [3.05, 3.63) is 24.3 Å². The van der Waals surface area contributed by atoms with Crippen molar-refractivity contribution in [3.63, 3.8) is 0 Å². The summed E-state index contributed by atoms with van der Waals surface area (Å²) in [7, 11) is 1.58. The number of benzene rings is 1. The van der Waals surface area contributed by atoms with Gasteiger partial charge in [-0.1, -0.05) is 17.3 Å². The molecule has 1 heterocycles. The van der Waals surface area contributed by atoms with Crippen LogP contribution in [0.25, 0.3) is 11.4 Å². The first kappa shape index (κ1) is 9.47. The topological polar surface area (TPSA) is 86.2 Å². The predicted molar refractivity (Wildman–Crippen MR) is 54.1 cm³/mol. The maximum atomic E-state index is 5.17. The summed E-state index contributed by atoms with van der Waals surface area (Å²) in [6.45, 7) is 0. The zero-order valence-electron chi connectivity index (χ0n) is 8.10. The van der Waals surface area contributed by atoms with Crippen molar-refractivity contribution < 1.29 is 9.26 Å². The van der Waals surface area contributed by atoms with Gasteiger partial charge in [-0.25, -0.2) is 5.84 Å². The van der Waals surface area contributed by atoms with Crippen molar-refractivity contribution in [1.29, 1.82) is 0 Å². The third-order valence-corrected chi connectivity index (χ3v) is 1.90. The minimum absolute atomic E-state index is 0.163. The van der Waals surface area contributed by atoms with E-state index in [-0.39, 0.29) is 6.01 Å². The first-order valence-electron chi connectivity index (χ1n) is 4.29. The number of hydrogen-bond donors (Lipinski definition) is 2. The SMILES string of the molecule is COc1ccccc1-c1noc(NN)n1.